The molecule has 2 aromatic rings. The van der Waals surface area contributed by atoms with E-state index in [1.807, 2.05) is 24.3 Å². The van der Waals surface area contributed by atoms with E-state index < -0.39 is 49.1 Å². The maximum absolute atomic E-state index is 13.0. The maximum Gasteiger partial charge on any atom is 0.303 e. The quantitative estimate of drug-likeness (QED) is 0.279. The molecule has 2 aromatic carbocycles. The molecule has 0 saturated carbocycles. The summed E-state index contributed by atoms with van der Waals surface area (Å²) in [6, 6.07) is 8.96. The van der Waals surface area contributed by atoms with Crippen molar-refractivity contribution in [3.05, 3.63) is 58.1 Å². The minimum absolute atomic E-state index is 0.0449. The van der Waals surface area contributed by atoms with E-state index >= 15 is 0 Å². The summed E-state index contributed by atoms with van der Waals surface area (Å²) in [6.45, 7) is -0.378. The predicted molar refractivity (Wildman–Crippen MR) is 131 cm³/mol. The lowest BCUT2D eigenvalue weighted by Crippen LogP contribution is -2.64. The normalized spacial score (nSPS) is 23.4. The van der Waals surface area contributed by atoms with Gasteiger partial charge >= 0.3 is 5.97 Å². The number of ether oxygens (including phenoxy) is 4. The maximum atomic E-state index is 13.0. The Balaban J connectivity index is 1.70. The van der Waals surface area contributed by atoms with Crippen LogP contribution < -0.4 is 14.8 Å². The van der Waals surface area contributed by atoms with E-state index in [-0.39, 0.29) is 35.1 Å². The molecule has 0 spiro atoms. The summed E-state index contributed by atoms with van der Waals surface area (Å²) in [5, 5.41) is 41.5. The topological polar surface area (TPSA) is 164 Å². The number of hydrogen-bond acceptors (Lipinski definition) is 9. The minimum Gasteiger partial charge on any atom is -0.496 e. The molecule has 11 nitrogen and oxygen atoms in total. The standard InChI is InChI=1S/C25H30ClNO10/c1-34-17-10-18(36-12-14-5-3-13(4-6-14)7-8-20(29)30)16(26)9-15(17)24(33)27-21-23(32)22(31)19(11-28)37-25(21)35-2/h3-6,9-10,19,21-23,25,28,31-32H,7-8,11-12H2,1-2H3,(H,27,33)(H,29,30)/t19-,21-,22-,23-,25+/m1/s1. The van der Waals surface area contributed by atoms with Crippen molar-refractivity contribution in [2.24, 2.45) is 0 Å². The summed E-state index contributed by atoms with van der Waals surface area (Å²) in [6.07, 6.45) is -4.64. The van der Waals surface area contributed by atoms with Crippen molar-refractivity contribution in [3.63, 3.8) is 0 Å². The molecular formula is C25H30ClNO10. The van der Waals surface area contributed by atoms with Gasteiger partial charge in [0.05, 0.1) is 24.3 Å². The fourth-order valence-corrected chi connectivity index (χ4v) is 4.09. The number of aliphatic hydroxyl groups is 3. The van der Waals surface area contributed by atoms with E-state index in [4.69, 9.17) is 35.7 Å². The van der Waals surface area contributed by atoms with Gasteiger partial charge in [-0.25, -0.2) is 0 Å². The number of methoxy groups -OCH3 is 2. The molecule has 37 heavy (non-hydrogen) atoms. The number of nitrogens with one attached hydrogen (secondary N) is 1. The van der Waals surface area contributed by atoms with Crippen molar-refractivity contribution >= 4 is 23.5 Å². The smallest absolute Gasteiger partial charge is 0.303 e. The first kappa shape index (κ1) is 28.6. The molecule has 202 valence electrons. The van der Waals surface area contributed by atoms with Crippen LogP contribution in [0, 0.1) is 0 Å². The van der Waals surface area contributed by atoms with E-state index in [1.165, 1.54) is 26.4 Å². The fraction of sp³-hybridized carbons (Fsp3) is 0.440. The zero-order valence-corrected chi connectivity index (χ0v) is 21.1. The number of hydrogen-bond donors (Lipinski definition) is 5. The Morgan fingerprint density at radius 1 is 1.05 bits per heavy atom. The highest BCUT2D eigenvalue weighted by Gasteiger charge is 2.45. The highest BCUT2D eigenvalue weighted by molar-refractivity contribution is 6.32. The van der Waals surface area contributed by atoms with Crippen LogP contribution in [0.3, 0.4) is 0 Å². The van der Waals surface area contributed by atoms with Gasteiger partial charge in [0.15, 0.2) is 6.29 Å². The van der Waals surface area contributed by atoms with Gasteiger partial charge in [0.2, 0.25) is 0 Å². The summed E-state index contributed by atoms with van der Waals surface area (Å²) >= 11 is 6.37. The zero-order chi connectivity index (χ0) is 27.1. The highest BCUT2D eigenvalue weighted by atomic mass is 35.5. The molecule has 1 saturated heterocycles. The number of carbonyl (C=O) groups excluding carboxylic acids is 1. The second-order valence-corrected chi connectivity index (χ2v) is 8.83. The monoisotopic (exact) mass is 539 g/mol. The van der Waals surface area contributed by atoms with Crippen molar-refractivity contribution in [2.75, 3.05) is 20.8 Å². The molecule has 12 heteroatoms. The van der Waals surface area contributed by atoms with Crippen molar-refractivity contribution in [1.29, 1.82) is 0 Å². The molecule has 5 atom stereocenters. The summed E-state index contributed by atoms with van der Waals surface area (Å²) in [5.41, 5.74) is 1.76. The van der Waals surface area contributed by atoms with Crippen molar-refractivity contribution in [1.82, 2.24) is 5.32 Å². The van der Waals surface area contributed by atoms with E-state index in [0.29, 0.717) is 6.42 Å². The summed E-state index contributed by atoms with van der Waals surface area (Å²) in [7, 11) is 2.67. The molecule has 1 amide bonds. The largest absolute Gasteiger partial charge is 0.496 e. The van der Waals surface area contributed by atoms with Crippen LogP contribution in [0.15, 0.2) is 36.4 Å². The third-order valence-electron chi connectivity index (χ3n) is 5.95. The van der Waals surface area contributed by atoms with Crippen LogP contribution in [0.5, 0.6) is 11.5 Å². The van der Waals surface area contributed by atoms with Gasteiger partial charge in [0, 0.05) is 19.6 Å². The zero-order valence-electron chi connectivity index (χ0n) is 20.3. The van der Waals surface area contributed by atoms with Crippen molar-refractivity contribution in [2.45, 2.75) is 50.1 Å². The number of carbonyl (C=O) groups is 2. The van der Waals surface area contributed by atoms with Gasteiger partial charge in [0.25, 0.3) is 5.91 Å². The third-order valence-corrected chi connectivity index (χ3v) is 6.25. The SMILES string of the molecule is COc1cc(OCc2ccc(CCC(=O)O)cc2)c(Cl)cc1C(=O)N[C@H]1[C@@H](OC)O[C@H](CO)[C@@H](O)[C@@H]1O. The van der Waals surface area contributed by atoms with Crippen LogP contribution >= 0.6 is 11.6 Å². The number of rotatable bonds is 11. The second kappa shape index (κ2) is 13.0. The number of carboxylic acid groups (broad SMARTS) is 1. The van der Waals surface area contributed by atoms with Crippen LogP contribution in [-0.2, 0) is 27.3 Å². The Hall–Kier alpha value is -2.93. The van der Waals surface area contributed by atoms with E-state index in [0.717, 1.165) is 11.1 Å². The number of carboxylic acids is 1. The van der Waals surface area contributed by atoms with Gasteiger partial charge in [-0.1, -0.05) is 35.9 Å². The molecule has 5 N–H and O–H groups in total. The number of aryl methyl sites for hydroxylation is 1. The molecule has 1 aliphatic heterocycles. The summed E-state index contributed by atoms with van der Waals surface area (Å²) < 4.78 is 21.7. The van der Waals surface area contributed by atoms with E-state index in [2.05, 4.69) is 5.32 Å². The Morgan fingerprint density at radius 3 is 2.32 bits per heavy atom. The lowest BCUT2D eigenvalue weighted by atomic mass is 9.96. The van der Waals surface area contributed by atoms with Crippen LogP contribution in [0.2, 0.25) is 5.02 Å². The minimum atomic E-state index is -1.47. The fourth-order valence-electron chi connectivity index (χ4n) is 3.87. The average molecular weight is 540 g/mol. The van der Waals surface area contributed by atoms with Gasteiger partial charge in [-0.3, -0.25) is 9.59 Å². The second-order valence-electron chi connectivity index (χ2n) is 8.42. The number of aliphatic hydroxyl groups excluding tert-OH is 3. The van der Waals surface area contributed by atoms with Gasteiger partial charge in [0.1, 0.15) is 42.5 Å². The lowest BCUT2D eigenvalue weighted by Gasteiger charge is -2.41. The first-order valence-corrected chi connectivity index (χ1v) is 11.8. The third kappa shape index (κ3) is 7.10. The molecule has 0 unspecified atom stereocenters. The number of benzene rings is 2. The van der Waals surface area contributed by atoms with Crippen LogP contribution in [0.25, 0.3) is 0 Å². The van der Waals surface area contributed by atoms with Gasteiger partial charge in [-0.05, 0) is 23.6 Å². The Labute approximate surface area is 218 Å². The molecule has 0 aromatic heterocycles. The summed E-state index contributed by atoms with van der Waals surface area (Å²) in [4.78, 5) is 23.8. The highest BCUT2D eigenvalue weighted by Crippen LogP contribution is 2.34. The molecule has 1 aliphatic rings. The van der Waals surface area contributed by atoms with E-state index in [1.54, 1.807) is 0 Å². The molecule has 0 radical (unpaired) electrons. The first-order chi connectivity index (χ1) is 17.7. The molecule has 0 bridgehead atoms. The molecule has 3 rings (SSSR count). The Kier molecular flexibility index (Phi) is 10.1. The van der Waals surface area contributed by atoms with Crippen molar-refractivity contribution in [3.8, 4) is 11.5 Å². The van der Waals surface area contributed by atoms with E-state index in [9.17, 15) is 24.9 Å². The van der Waals surface area contributed by atoms with Gasteiger partial charge in [-0.2, -0.15) is 0 Å². The van der Waals surface area contributed by atoms with Crippen LogP contribution in [0.4, 0.5) is 0 Å². The van der Waals surface area contributed by atoms with Crippen LogP contribution in [-0.4, -0.2) is 83.8 Å². The molecular weight excluding hydrogens is 510 g/mol. The lowest BCUT2D eigenvalue weighted by molar-refractivity contribution is -0.261. The predicted octanol–water partition coefficient (Wildman–Crippen LogP) is 1.13. The van der Waals surface area contributed by atoms with Crippen LogP contribution in [0.1, 0.15) is 27.9 Å². The number of amides is 1. The molecule has 0 aliphatic carbocycles. The summed E-state index contributed by atoms with van der Waals surface area (Å²) in [5.74, 6) is -1.12. The molecule has 1 heterocycles. The van der Waals surface area contributed by atoms with Crippen molar-refractivity contribution < 1.29 is 49.0 Å². The average Bonchev–Trinajstić information content (AvgIpc) is 2.89. The molecule has 1 fully saturated rings. The Morgan fingerprint density at radius 2 is 1.73 bits per heavy atom. The van der Waals surface area contributed by atoms with Gasteiger partial charge in [-0.15, -0.1) is 0 Å². The first-order valence-electron chi connectivity index (χ1n) is 11.4. The Bertz CT molecular complexity index is 1080. The van der Waals surface area contributed by atoms with Gasteiger partial charge < -0.3 is 44.7 Å². The number of halogens is 1. The number of aliphatic carboxylic acids is 1.